The van der Waals surface area contributed by atoms with E-state index in [1.807, 2.05) is 38.1 Å². The Labute approximate surface area is 125 Å². The van der Waals surface area contributed by atoms with Crippen LogP contribution in [0.4, 0.5) is 0 Å². The van der Waals surface area contributed by atoms with Crippen molar-refractivity contribution in [2.24, 2.45) is 11.8 Å². The molecule has 1 aliphatic rings. The fraction of sp³-hybridized carbons (Fsp3) is 0.529. The van der Waals surface area contributed by atoms with Crippen LogP contribution in [0.1, 0.15) is 49.8 Å². The summed E-state index contributed by atoms with van der Waals surface area (Å²) in [6.45, 7) is 4.00. The van der Waals surface area contributed by atoms with Crippen LogP contribution < -0.4 is 5.32 Å². The molecule has 21 heavy (non-hydrogen) atoms. The average molecular weight is 289 g/mol. The van der Waals surface area contributed by atoms with Crippen LogP contribution in [-0.4, -0.2) is 17.0 Å². The van der Waals surface area contributed by atoms with E-state index in [1.165, 1.54) is 0 Å². The van der Waals surface area contributed by atoms with Crippen molar-refractivity contribution in [1.82, 2.24) is 5.32 Å². The Kier molecular flexibility index (Phi) is 4.99. The number of nitrogens with one attached hydrogen (secondary N) is 1. The van der Waals surface area contributed by atoms with Crippen molar-refractivity contribution in [1.29, 1.82) is 0 Å². The van der Waals surface area contributed by atoms with Crippen molar-refractivity contribution >= 4 is 11.9 Å². The van der Waals surface area contributed by atoms with Gasteiger partial charge in [-0.3, -0.25) is 9.59 Å². The maximum Gasteiger partial charge on any atom is 0.306 e. The van der Waals surface area contributed by atoms with E-state index in [-0.39, 0.29) is 23.8 Å². The van der Waals surface area contributed by atoms with Crippen LogP contribution in [-0.2, 0) is 9.59 Å². The summed E-state index contributed by atoms with van der Waals surface area (Å²) in [5.41, 5.74) is 2.26. The van der Waals surface area contributed by atoms with E-state index in [4.69, 9.17) is 5.11 Å². The summed E-state index contributed by atoms with van der Waals surface area (Å²) in [4.78, 5) is 23.4. The molecule has 1 aromatic rings. The molecule has 0 saturated heterocycles. The second kappa shape index (κ2) is 6.74. The van der Waals surface area contributed by atoms with Crippen LogP contribution in [0.25, 0.3) is 0 Å². The molecule has 0 aliphatic heterocycles. The van der Waals surface area contributed by atoms with Crippen LogP contribution in [0.5, 0.6) is 0 Å². The van der Waals surface area contributed by atoms with Gasteiger partial charge in [0, 0.05) is 5.92 Å². The largest absolute Gasteiger partial charge is 0.481 e. The maximum atomic E-state index is 12.4. The topological polar surface area (TPSA) is 66.4 Å². The summed E-state index contributed by atoms with van der Waals surface area (Å²) in [6, 6.07) is 7.93. The molecule has 4 nitrogen and oxygen atoms in total. The minimum Gasteiger partial charge on any atom is -0.481 e. The lowest BCUT2D eigenvalue weighted by atomic mass is 9.81. The number of carbonyl (C=O) groups excluding carboxylic acids is 1. The monoisotopic (exact) mass is 289 g/mol. The van der Waals surface area contributed by atoms with Gasteiger partial charge in [0.15, 0.2) is 0 Å². The number of aryl methyl sites for hydroxylation is 1. The van der Waals surface area contributed by atoms with E-state index < -0.39 is 5.97 Å². The zero-order valence-electron chi connectivity index (χ0n) is 12.6. The highest BCUT2D eigenvalue weighted by molar-refractivity contribution is 5.80. The Morgan fingerprint density at radius 3 is 2.57 bits per heavy atom. The standard InChI is InChI=1S/C17H23NO3/c1-11-6-3-4-9-15(11)12(2)18-16(19)13-7-5-8-14(10-13)17(20)21/h3-4,6,9,12-14H,5,7-8,10H2,1-2H3,(H,18,19)(H,20,21). The van der Waals surface area contributed by atoms with Gasteiger partial charge in [-0.25, -0.2) is 0 Å². The summed E-state index contributed by atoms with van der Waals surface area (Å²) in [7, 11) is 0. The first-order chi connectivity index (χ1) is 9.99. The molecule has 0 spiro atoms. The normalized spacial score (nSPS) is 23.3. The summed E-state index contributed by atoms with van der Waals surface area (Å²) in [5.74, 6) is -1.34. The first kappa shape index (κ1) is 15.5. The molecule has 3 unspecified atom stereocenters. The number of carboxylic acid groups (broad SMARTS) is 1. The van der Waals surface area contributed by atoms with Crippen LogP contribution >= 0.6 is 0 Å². The van der Waals surface area contributed by atoms with Crippen molar-refractivity contribution < 1.29 is 14.7 Å². The lowest BCUT2D eigenvalue weighted by Crippen LogP contribution is -2.36. The summed E-state index contributed by atoms with van der Waals surface area (Å²) < 4.78 is 0. The summed E-state index contributed by atoms with van der Waals surface area (Å²) >= 11 is 0. The van der Waals surface area contributed by atoms with Gasteiger partial charge in [0.25, 0.3) is 0 Å². The highest BCUT2D eigenvalue weighted by Gasteiger charge is 2.31. The SMILES string of the molecule is Cc1ccccc1C(C)NC(=O)C1CCCC(C(=O)O)C1. The first-order valence-electron chi connectivity index (χ1n) is 7.57. The number of hydrogen-bond acceptors (Lipinski definition) is 2. The smallest absolute Gasteiger partial charge is 0.306 e. The average Bonchev–Trinajstić information content (AvgIpc) is 2.47. The van der Waals surface area contributed by atoms with Gasteiger partial charge in [-0.2, -0.15) is 0 Å². The Bertz CT molecular complexity index is 527. The molecule has 0 bridgehead atoms. The molecule has 0 radical (unpaired) electrons. The first-order valence-corrected chi connectivity index (χ1v) is 7.57. The Balaban J connectivity index is 1.98. The van der Waals surface area contributed by atoms with Crippen molar-refractivity contribution in [2.45, 2.75) is 45.6 Å². The van der Waals surface area contributed by atoms with Gasteiger partial charge in [-0.05, 0) is 44.2 Å². The highest BCUT2D eigenvalue weighted by Crippen LogP contribution is 2.30. The quantitative estimate of drug-likeness (QED) is 0.895. The number of carboxylic acids is 1. The van der Waals surface area contributed by atoms with Crippen molar-refractivity contribution in [3.05, 3.63) is 35.4 Å². The Morgan fingerprint density at radius 2 is 1.90 bits per heavy atom. The van der Waals surface area contributed by atoms with Crippen LogP contribution in [0, 0.1) is 18.8 Å². The zero-order valence-corrected chi connectivity index (χ0v) is 12.6. The van der Waals surface area contributed by atoms with Gasteiger partial charge >= 0.3 is 5.97 Å². The van der Waals surface area contributed by atoms with Crippen LogP contribution in [0.15, 0.2) is 24.3 Å². The molecule has 0 aromatic heterocycles. The number of hydrogen-bond donors (Lipinski definition) is 2. The third-order valence-electron chi connectivity index (χ3n) is 4.41. The van der Waals surface area contributed by atoms with E-state index in [0.717, 1.165) is 24.0 Å². The molecule has 3 atom stereocenters. The number of carbonyl (C=O) groups is 2. The van der Waals surface area contributed by atoms with Gasteiger partial charge in [0.05, 0.1) is 12.0 Å². The molecule has 2 N–H and O–H groups in total. The zero-order chi connectivity index (χ0) is 15.4. The molecular formula is C17H23NO3. The summed E-state index contributed by atoms with van der Waals surface area (Å²) in [6.07, 6.45) is 2.75. The van der Waals surface area contributed by atoms with Crippen molar-refractivity contribution in [3.8, 4) is 0 Å². The highest BCUT2D eigenvalue weighted by atomic mass is 16.4. The third kappa shape index (κ3) is 3.84. The maximum absolute atomic E-state index is 12.4. The molecule has 0 heterocycles. The van der Waals surface area contributed by atoms with E-state index in [1.54, 1.807) is 0 Å². The fourth-order valence-electron chi connectivity index (χ4n) is 3.13. The van der Waals surface area contributed by atoms with Gasteiger partial charge in [-0.15, -0.1) is 0 Å². The predicted molar refractivity (Wildman–Crippen MR) is 80.8 cm³/mol. The van der Waals surface area contributed by atoms with Gasteiger partial charge in [-0.1, -0.05) is 30.7 Å². The van der Waals surface area contributed by atoms with E-state index in [9.17, 15) is 9.59 Å². The second-order valence-electron chi connectivity index (χ2n) is 5.99. The minimum absolute atomic E-state index is 0.0169. The lowest BCUT2D eigenvalue weighted by Gasteiger charge is -2.27. The van der Waals surface area contributed by atoms with E-state index >= 15 is 0 Å². The van der Waals surface area contributed by atoms with Gasteiger partial charge in [0.1, 0.15) is 0 Å². The molecular weight excluding hydrogens is 266 g/mol. The predicted octanol–water partition coefficient (Wildman–Crippen LogP) is 3.06. The molecule has 4 heteroatoms. The summed E-state index contributed by atoms with van der Waals surface area (Å²) in [5, 5.41) is 12.1. The second-order valence-corrected chi connectivity index (χ2v) is 5.99. The molecule has 2 rings (SSSR count). The molecule has 1 aromatic carbocycles. The minimum atomic E-state index is -0.778. The lowest BCUT2D eigenvalue weighted by molar-refractivity contribution is -0.144. The number of aliphatic carboxylic acids is 1. The molecule has 114 valence electrons. The molecule has 1 amide bonds. The Hall–Kier alpha value is -1.84. The third-order valence-corrected chi connectivity index (χ3v) is 4.41. The van der Waals surface area contributed by atoms with E-state index in [2.05, 4.69) is 5.32 Å². The molecule has 1 fully saturated rings. The van der Waals surface area contributed by atoms with Crippen LogP contribution in [0.2, 0.25) is 0 Å². The van der Waals surface area contributed by atoms with Gasteiger partial charge in [0.2, 0.25) is 5.91 Å². The van der Waals surface area contributed by atoms with Gasteiger partial charge < -0.3 is 10.4 Å². The van der Waals surface area contributed by atoms with Crippen LogP contribution in [0.3, 0.4) is 0 Å². The molecule has 1 aliphatic carbocycles. The Morgan fingerprint density at radius 1 is 1.24 bits per heavy atom. The van der Waals surface area contributed by atoms with Crippen molar-refractivity contribution in [3.63, 3.8) is 0 Å². The fourth-order valence-corrected chi connectivity index (χ4v) is 3.13. The number of rotatable bonds is 4. The van der Waals surface area contributed by atoms with E-state index in [0.29, 0.717) is 12.8 Å². The van der Waals surface area contributed by atoms with Crippen molar-refractivity contribution in [2.75, 3.05) is 0 Å². The molecule has 1 saturated carbocycles. The number of amides is 1. The number of benzene rings is 1.